The molecular weight excluding hydrogens is 1520 g/mol. The number of aliphatic imine (C=N–C) groups is 4. The van der Waals surface area contributed by atoms with Gasteiger partial charge in [-0.15, -0.1) is 0 Å². The second-order valence-corrected chi connectivity index (χ2v) is 33.6. The molecule has 3 aliphatic rings. The van der Waals surface area contributed by atoms with E-state index in [9.17, 15) is 70.8 Å². The molecular formula is C72H100Co2F12N4O12P2. The molecule has 7 rings (SSSR count). The van der Waals surface area contributed by atoms with Crippen LogP contribution in [-0.4, -0.2) is 128 Å². The van der Waals surface area contributed by atoms with Crippen molar-refractivity contribution in [2.75, 3.05) is 79.3 Å². The standard InChI is InChI=1S/C72H104N4O12.2Co.2F6P/c1-69(2,3)57-37-49-33-53(65(57)77)41-73-61-17-13-14-18-62(61)74-42-54-34-50(38-58(66(54)78)70(4,5)6)46-87-31-27-83-23-24-84-28-32-88-48-52-36-56(68(80)60(40-52)72(10,11)12)44-76-64-20-16-15-19-63(64)75-43-55-35-51(39-59(67(55)79)71(7,8)9)47-86-30-26-82-22-21-81-25-29-85-45-49;;;2*1-7(2,3,4,5)6/h33-44,61-64,77-80H,13-32,45-48H2,1-12H3;;;;/q;2*+3;2*-1/p-4/t61-,62-,63-,64-;;;;/m1..../s1. The van der Waals surface area contributed by atoms with Gasteiger partial charge in [0.25, 0.3) is 0 Å². The van der Waals surface area contributed by atoms with E-state index in [0.717, 1.165) is 73.6 Å². The van der Waals surface area contributed by atoms with Gasteiger partial charge < -0.3 is 58.3 Å². The molecule has 0 radical (unpaired) electrons. The van der Waals surface area contributed by atoms with Gasteiger partial charge >= 0.3 is 99.5 Å². The topological polar surface area (TPSA) is 216 Å². The number of hydrogen-bond donors (Lipinski definition) is 0. The number of hydrogen-bond acceptors (Lipinski definition) is 16. The van der Waals surface area contributed by atoms with Crippen molar-refractivity contribution in [2.45, 2.75) is 207 Å². The molecule has 2 aliphatic carbocycles. The predicted molar refractivity (Wildman–Crippen MR) is 370 cm³/mol. The Labute approximate surface area is 623 Å². The minimum Gasteiger partial charge on any atom is 3.00 e. The van der Waals surface area contributed by atoms with Gasteiger partial charge in [0.1, 0.15) is 0 Å². The number of halogens is 12. The van der Waals surface area contributed by atoms with Crippen molar-refractivity contribution in [3.63, 3.8) is 0 Å². The minimum absolute atomic E-state index is 0. The minimum atomic E-state index is -10.7. The van der Waals surface area contributed by atoms with Crippen molar-refractivity contribution in [3.05, 3.63) is 115 Å². The van der Waals surface area contributed by atoms with E-state index < -0.39 is 37.3 Å². The van der Waals surface area contributed by atoms with Crippen LogP contribution in [0.3, 0.4) is 0 Å². The van der Waals surface area contributed by atoms with Crippen LogP contribution in [0.5, 0.6) is 23.0 Å². The summed E-state index contributed by atoms with van der Waals surface area (Å²) >= 11 is 0. The zero-order chi connectivity index (χ0) is 76.3. The van der Waals surface area contributed by atoms with Gasteiger partial charge in [0.05, 0.1) is 130 Å². The number of rotatable bonds is 0. The summed E-state index contributed by atoms with van der Waals surface area (Å²) in [7, 11) is -21.3. The predicted octanol–water partition coefficient (Wildman–Crippen LogP) is 17.5. The Bertz CT molecular complexity index is 3070. The van der Waals surface area contributed by atoms with E-state index in [-0.39, 0.29) is 80.7 Å². The molecule has 4 aromatic rings. The first-order valence-corrected chi connectivity index (χ1v) is 38.1. The van der Waals surface area contributed by atoms with E-state index in [1.54, 1.807) is 24.9 Å². The molecule has 2 saturated carbocycles. The third kappa shape index (κ3) is 37.5. The molecule has 8 bridgehead atoms. The second-order valence-electron chi connectivity index (χ2n) is 29.8. The van der Waals surface area contributed by atoms with Crippen LogP contribution in [0.1, 0.15) is 201 Å². The zero-order valence-electron chi connectivity index (χ0n) is 61.0. The van der Waals surface area contributed by atoms with Crippen LogP contribution in [0.2, 0.25) is 0 Å². The van der Waals surface area contributed by atoms with E-state index in [4.69, 9.17) is 57.9 Å². The van der Waals surface area contributed by atoms with E-state index in [0.29, 0.717) is 150 Å². The van der Waals surface area contributed by atoms with Gasteiger partial charge in [-0.05, 0) is 138 Å². The summed E-state index contributed by atoms with van der Waals surface area (Å²) in [5.41, 5.74) is 6.73. The molecule has 0 saturated heterocycles. The summed E-state index contributed by atoms with van der Waals surface area (Å²) < 4.78 is 166. The van der Waals surface area contributed by atoms with E-state index in [1.165, 1.54) is 0 Å². The average Bonchev–Trinajstić information content (AvgIpc) is 0.790. The molecule has 4 atom stereocenters. The third-order valence-corrected chi connectivity index (χ3v) is 16.3. The van der Waals surface area contributed by atoms with Gasteiger partial charge in [0.15, 0.2) is 0 Å². The van der Waals surface area contributed by atoms with Gasteiger partial charge in [0.2, 0.25) is 0 Å². The number of ether oxygens (including phenoxy) is 8. The van der Waals surface area contributed by atoms with Crippen LogP contribution in [0.4, 0.5) is 50.4 Å². The molecule has 32 heteroatoms. The number of nitrogens with zero attached hydrogens (tertiary/aromatic N) is 4. The van der Waals surface area contributed by atoms with E-state index >= 15 is 0 Å². The first kappa shape index (κ1) is 93.7. The van der Waals surface area contributed by atoms with Gasteiger partial charge in [-0.1, -0.05) is 156 Å². The quantitative estimate of drug-likeness (QED) is 0.119. The Hall–Kier alpha value is -4.53. The zero-order valence-corrected chi connectivity index (χ0v) is 64.9. The van der Waals surface area contributed by atoms with Crippen molar-refractivity contribution in [2.24, 2.45) is 20.0 Å². The van der Waals surface area contributed by atoms with Crippen molar-refractivity contribution in [3.8, 4) is 23.0 Å². The maximum absolute atomic E-state index is 14.0. The van der Waals surface area contributed by atoms with Crippen LogP contribution in [0, 0.1) is 0 Å². The molecule has 2 fully saturated rings. The van der Waals surface area contributed by atoms with Gasteiger partial charge in [-0.25, -0.2) is 0 Å². The molecule has 0 spiro atoms. The maximum Gasteiger partial charge on any atom is 3.00 e. The molecule has 0 aromatic heterocycles. The number of fused-ring (bicyclic) bond motifs is 10. The van der Waals surface area contributed by atoms with Crippen molar-refractivity contribution >= 4 is 40.5 Å². The molecule has 16 nitrogen and oxygen atoms in total. The second kappa shape index (κ2) is 37.7. The Morgan fingerprint density at radius 1 is 0.288 bits per heavy atom. The van der Waals surface area contributed by atoms with Crippen molar-refractivity contribution in [1.29, 1.82) is 0 Å². The van der Waals surface area contributed by atoms with Gasteiger partial charge in [0, 0.05) is 24.9 Å². The van der Waals surface area contributed by atoms with Gasteiger partial charge in [-0.2, -0.15) is 0 Å². The SMILES string of the molecule is CC(C)(C)c1cc2cc(c1[O-])C=N[C@@H]1CCCC[C@H]1N=Cc1cc(cc(C(C)(C)C)c1[O-])COCCOCCOCCOCc1cc(c([O-])c(C(C)(C)C)c1)C=N[C@@H]1CCCC[C@H]1N=Cc1cc(cc(C(C)(C)C)c1[O-])COCCOCCOCCOC2.F[P-](F)(F)(F)(F)F.F[P-](F)(F)(F)(F)F.[Co+3].[Co+3]. The summed E-state index contributed by atoms with van der Waals surface area (Å²) in [6, 6.07) is 14.6. The smallest absolute Gasteiger partial charge is 3.00 e. The first-order chi connectivity index (χ1) is 46.8. The molecule has 592 valence electrons. The van der Waals surface area contributed by atoms with Crippen molar-refractivity contribution in [1.82, 2.24) is 0 Å². The van der Waals surface area contributed by atoms with Gasteiger partial charge in [-0.3, -0.25) is 20.0 Å². The average molecular weight is 1620 g/mol. The summed E-state index contributed by atoms with van der Waals surface area (Å²) in [6.45, 7) is 30.1. The Morgan fingerprint density at radius 2 is 0.442 bits per heavy atom. The van der Waals surface area contributed by atoms with Crippen LogP contribution in [0.25, 0.3) is 0 Å². The molecule has 0 amide bonds. The Kier molecular flexibility index (Phi) is 34.0. The summed E-state index contributed by atoms with van der Waals surface area (Å²) in [6.07, 6.45) is 14.1. The normalized spacial score (nSPS) is 21.5. The van der Waals surface area contributed by atoms with Crippen molar-refractivity contribution < 1.29 is 142 Å². The van der Waals surface area contributed by atoms with E-state index in [1.807, 2.05) is 132 Å². The summed E-state index contributed by atoms with van der Waals surface area (Å²) in [5.74, 6) is -0.209. The summed E-state index contributed by atoms with van der Waals surface area (Å²) in [5, 5.41) is 55.9. The van der Waals surface area contributed by atoms with Crippen LogP contribution in [-0.2, 0) is 120 Å². The molecule has 0 unspecified atom stereocenters. The molecule has 104 heavy (non-hydrogen) atoms. The third-order valence-electron chi connectivity index (χ3n) is 16.3. The summed E-state index contributed by atoms with van der Waals surface area (Å²) in [4.78, 5) is 20.1. The fraction of sp³-hybridized carbons (Fsp3) is 0.611. The molecule has 0 N–H and O–H groups in total. The van der Waals surface area contributed by atoms with Crippen LogP contribution < -0.4 is 20.4 Å². The Morgan fingerprint density at radius 3 is 0.596 bits per heavy atom. The fourth-order valence-electron chi connectivity index (χ4n) is 11.3. The van der Waals surface area contributed by atoms with Crippen LogP contribution >= 0.6 is 15.6 Å². The monoisotopic (exact) mass is 1620 g/mol. The fourth-order valence-corrected chi connectivity index (χ4v) is 11.3. The first-order valence-electron chi connectivity index (χ1n) is 34.0. The van der Waals surface area contributed by atoms with E-state index in [2.05, 4.69) is 0 Å². The Balaban J connectivity index is 0.00000159. The molecule has 1 aliphatic heterocycles. The van der Waals surface area contributed by atoms with Crippen LogP contribution in [0.15, 0.2) is 68.5 Å². The largest absolute Gasteiger partial charge is 3.00 e. The molecule has 4 aromatic carbocycles. The maximum atomic E-state index is 14.0. The molecule has 1 heterocycles. The number of benzene rings is 4.